The van der Waals surface area contributed by atoms with Gasteiger partial charge in [0.1, 0.15) is 11.5 Å². The van der Waals surface area contributed by atoms with Gasteiger partial charge in [-0.25, -0.2) is 0 Å². The van der Waals surface area contributed by atoms with Crippen molar-refractivity contribution in [3.63, 3.8) is 0 Å². The van der Waals surface area contributed by atoms with Gasteiger partial charge in [-0.05, 0) is 36.2 Å². The standard InChI is InChI=1S/C23H22OS2/c1-2-3-13-23(16-7-5-4-6-8-16)19-11-9-17(25)14-21(19)24-22-15-18(26)10-12-20(22)23/h4-12,14-15,25-26H,2-3,13H2,1H3. The van der Waals surface area contributed by atoms with E-state index in [9.17, 15) is 0 Å². The average Bonchev–Trinajstić information content (AvgIpc) is 2.65. The number of thiol groups is 2. The Morgan fingerprint density at radius 1 is 0.808 bits per heavy atom. The summed E-state index contributed by atoms with van der Waals surface area (Å²) in [5.41, 5.74) is 3.52. The van der Waals surface area contributed by atoms with Gasteiger partial charge < -0.3 is 4.74 Å². The first-order valence-corrected chi connectivity index (χ1v) is 9.95. The predicted molar refractivity (Wildman–Crippen MR) is 113 cm³/mol. The van der Waals surface area contributed by atoms with Gasteiger partial charge in [0.25, 0.3) is 0 Å². The molecule has 0 spiro atoms. The highest BCUT2D eigenvalue weighted by Crippen LogP contribution is 2.54. The molecule has 0 N–H and O–H groups in total. The van der Waals surface area contributed by atoms with Crippen LogP contribution in [0.4, 0.5) is 0 Å². The average molecular weight is 379 g/mol. The van der Waals surface area contributed by atoms with Gasteiger partial charge in [0, 0.05) is 20.9 Å². The van der Waals surface area contributed by atoms with E-state index in [0.29, 0.717) is 0 Å². The van der Waals surface area contributed by atoms with Crippen molar-refractivity contribution in [2.75, 3.05) is 0 Å². The monoisotopic (exact) mass is 378 g/mol. The van der Waals surface area contributed by atoms with Crippen LogP contribution >= 0.6 is 25.3 Å². The Labute approximate surface area is 166 Å². The van der Waals surface area contributed by atoms with Crippen molar-refractivity contribution in [3.05, 3.63) is 83.4 Å². The molecule has 132 valence electrons. The lowest BCUT2D eigenvalue weighted by molar-refractivity contribution is 0.398. The molecule has 0 aromatic heterocycles. The third-order valence-electron chi connectivity index (χ3n) is 5.24. The van der Waals surface area contributed by atoms with Gasteiger partial charge in [0.05, 0.1) is 5.41 Å². The molecule has 0 fully saturated rings. The van der Waals surface area contributed by atoms with Crippen LogP contribution in [0.3, 0.4) is 0 Å². The lowest BCUT2D eigenvalue weighted by Gasteiger charge is -2.41. The van der Waals surface area contributed by atoms with E-state index in [-0.39, 0.29) is 5.41 Å². The Morgan fingerprint density at radius 3 is 1.92 bits per heavy atom. The summed E-state index contributed by atoms with van der Waals surface area (Å²) in [5, 5.41) is 0. The van der Waals surface area contributed by atoms with Crippen LogP contribution in [0.15, 0.2) is 76.5 Å². The molecule has 0 atom stereocenters. The SMILES string of the molecule is CCCCC1(c2ccccc2)c2ccc(S)cc2Oc2cc(S)ccc21. The van der Waals surface area contributed by atoms with Gasteiger partial charge in [-0.15, -0.1) is 25.3 Å². The highest BCUT2D eigenvalue weighted by molar-refractivity contribution is 7.80. The summed E-state index contributed by atoms with van der Waals surface area (Å²) in [6, 6.07) is 23.3. The summed E-state index contributed by atoms with van der Waals surface area (Å²) in [4.78, 5) is 1.82. The maximum absolute atomic E-state index is 6.30. The second kappa shape index (κ2) is 7.05. The Balaban J connectivity index is 2.06. The summed E-state index contributed by atoms with van der Waals surface area (Å²) < 4.78 is 6.30. The maximum atomic E-state index is 6.30. The minimum atomic E-state index is -0.219. The molecule has 0 saturated heterocycles. The van der Waals surface area contributed by atoms with Gasteiger partial charge in [-0.2, -0.15) is 0 Å². The lowest BCUT2D eigenvalue weighted by Crippen LogP contribution is -2.33. The van der Waals surface area contributed by atoms with Crippen LogP contribution in [0.5, 0.6) is 11.5 Å². The van der Waals surface area contributed by atoms with Gasteiger partial charge >= 0.3 is 0 Å². The molecule has 0 amide bonds. The fourth-order valence-corrected chi connectivity index (χ4v) is 4.43. The van der Waals surface area contributed by atoms with Crippen molar-refractivity contribution >= 4 is 25.3 Å². The molecule has 3 aromatic rings. The van der Waals surface area contributed by atoms with Gasteiger partial charge in [0.15, 0.2) is 0 Å². The first kappa shape index (κ1) is 17.6. The third-order valence-corrected chi connectivity index (χ3v) is 5.80. The zero-order chi connectivity index (χ0) is 18.1. The summed E-state index contributed by atoms with van der Waals surface area (Å²) in [6.07, 6.45) is 3.32. The normalized spacial score (nSPS) is 14.3. The zero-order valence-corrected chi connectivity index (χ0v) is 16.6. The molecule has 0 bridgehead atoms. The molecule has 3 aromatic carbocycles. The topological polar surface area (TPSA) is 9.23 Å². The molecule has 0 radical (unpaired) electrons. The van der Waals surface area contributed by atoms with Crippen molar-refractivity contribution in [2.24, 2.45) is 0 Å². The van der Waals surface area contributed by atoms with Crippen LogP contribution in [0.2, 0.25) is 0 Å². The fourth-order valence-electron chi connectivity index (χ4n) is 4.05. The molecule has 26 heavy (non-hydrogen) atoms. The zero-order valence-electron chi connectivity index (χ0n) is 14.8. The number of ether oxygens (including phenoxy) is 1. The van der Waals surface area contributed by atoms with E-state index in [0.717, 1.165) is 40.6 Å². The number of hydrogen-bond acceptors (Lipinski definition) is 3. The molecule has 1 aliphatic heterocycles. The number of benzene rings is 3. The second-order valence-corrected chi connectivity index (χ2v) is 7.87. The van der Waals surface area contributed by atoms with Crippen molar-refractivity contribution < 1.29 is 4.74 Å². The first-order valence-electron chi connectivity index (χ1n) is 9.05. The predicted octanol–water partition coefficient (Wildman–Crippen LogP) is 6.89. The van der Waals surface area contributed by atoms with Gasteiger partial charge in [0.2, 0.25) is 0 Å². The summed E-state index contributed by atoms with van der Waals surface area (Å²) in [7, 11) is 0. The molecular formula is C23H22OS2. The van der Waals surface area contributed by atoms with E-state index in [1.54, 1.807) is 0 Å². The molecule has 1 aliphatic rings. The Kier molecular flexibility index (Phi) is 4.76. The first-order chi connectivity index (χ1) is 12.6. The summed E-state index contributed by atoms with van der Waals surface area (Å²) in [5.74, 6) is 1.78. The lowest BCUT2D eigenvalue weighted by atomic mass is 9.65. The number of fused-ring (bicyclic) bond motifs is 2. The Morgan fingerprint density at radius 2 is 1.38 bits per heavy atom. The van der Waals surface area contributed by atoms with Crippen molar-refractivity contribution in [2.45, 2.75) is 41.4 Å². The number of rotatable bonds is 4. The fraction of sp³-hybridized carbons (Fsp3) is 0.217. The van der Waals surface area contributed by atoms with Crippen LogP contribution in [0.25, 0.3) is 0 Å². The second-order valence-electron chi connectivity index (χ2n) is 6.84. The van der Waals surface area contributed by atoms with Crippen LogP contribution in [-0.4, -0.2) is 0 Å². The Bertz CT molecular complexity index is 883. The smallest absolute Gasteiger partial charge is 0.132 e. The number of hydrogen-bond donors (Lipinski definition) is 2. The highest BCUT2D eigenvalue weighted by Gasteiger charge is 2.43. The molecular weight excluding hydrogens is 356 g/mol. The van der Waals surface area contributed by atoms with E-state index < -0.39 is 0 Å². The molecule has 1 heterocycles. The van der Waals surface area contributed by atoms with E-state index in [2.05, 4.69) is 86.8 Å². The molecule has 1 nitrogen and oxygen atoms in total. The van der Waals surface area contributed by atoms with Crippen LogP contribution < -0.4 is 4.74 Å². The Hall–Kier alpha value is -1.84. The van der Waals surface area contributed by atoms with E-state index in [4.69, 9.17) is 4.74 Å². The minimum Gasteiger partial charge on any atom is -0.457 e. The van der Waals surface area contributed by atoms with Crippen molar-refractivity contribution in [1.82, 2.24) is 0 Å². The largest absolute Gasteiger partial charge is 0.457 e. The maximum Gasteiger partial charge on any atom is 0.132 e. The van der Waals surface area contributed by atoms with E-state index >= 15 is 0 Å². The minimum absolute atomic E-state index is 0.219. The van der Waals surface area contributed by atoms with Gasteiger partial charge in [-0.3, -0.25) is 0 Å². The van der Waals surface area contributed by atoms with Gasteiger partial charge in [-0.1, -0.05) is 62.2 Å². The number of unbranched alkanes of at least 4 members (excludes halogenated alkanes) is 1. The van der Waals surface area contributed by atoms with E-state index in [1.807, 2.05) is 12.1 Å². The highest BCUT2D eigenvalue weighted by atomic mass is 32.1. The molecule has 0 aliphatic carbocycles. The summed E-state index contributed by atoms with van der Waals surface area (Å²) >= 11 is 9.06. The third kappa shape index (κ3) is 2.83. The van der Waals surface area contributed by atoms with Crippen LogP contribution in [0, 0.1) is 0 Å². The van der Waals surface area contributed by atoms with E-state index in [1.165, 1.54) is 16.7 Å². The molecule has 4 rings (SSSR count). The van der Waals surface area contributed by atoms with Crippen molar-refractivity contribution in [3.8, 4) is 11.5 Å². The van der Waals surface area contributed by atoms with Crippen molar-refractivity contribution in [1.29, 1.82) is 0 Å². The molecule has 3 heteroatoms. The molecule has 0 saturated carbocycles. The quantitative estimate of drug-likeness (QED) is 0.470. The van der Waals surface area contributed by atoms with Crippen LogP contribution in [-0.2, 0) is 5.41 Å². The van der Waals surface area contributed by atoms with Crippen LogP contribution in [0.1, 0.15) is 42.9 Å². The molecule has 0 unspecified atom stereocenters. The summed E-state index contributed by atoms with van der Waals surface area (Å²) in [6.45, 7) is 2.24.